The van der Waals surface area contributed by atoms with Crippen molar-refractivity contribution in [3.8, 4) is 0 Å². The maximum absolute atomic E-state index is 11.7. The fourth-order valence-corrected chi connectivity index (χ4v) is 2.48. The Hall–Kier alpha value is -1.06. The Morgan fingerprint density at radius 3 is 2.75 bits per heavy atom. The van der Waals surface area contributed by atoms with E-state index < -0.39 is 0 Å². The van der Waals surface area contributed by atoms with Crippen molar-refractivity contribution in [3.05, 3.63) is 35.9 Å². The van der Waals surface area contributed by atoms with E-state index in [1.54, 1.807) is 12.1 Å². The first-order chi connectivity index (χ1) is 7.77. The summed E-state index contributed by atoms with van der Waals surface area (Å²) in [5.74, 6) is -0.109. The molecule has 1 saturated carbocycles. The smallest absolute Gasteiger partial charge is 0.338 e. The van der Waals surface area contributed by atoms with Gasteiger partial charge in [-0.2, -0.15) is 0 Å². The van der Waals surface area contributed by atoms with Gasteiger partial charge in [-0.3, -0.25) is 0 Å². The molecule has 2 aliphatic rings. The molecule has 4 atom stereocenters. The van der Waals surface area contributed by atoms with Crippen molar-refractivity contribution in [1.29, 1.82) is 0 Å². The second-order valence-corrected chi connectivity index (χ2v) is 4.69. The number of alkyl halides is 1. The molecule has 0 aromatic heterocycles. The van der Waals surface area contributed by atoms with E-state index in [0.717, 1.165) is 0 Å². The molecule has 3 nitrogen and oxygen atoms in total. The van der Waals surface area contributed by atoms with Crippen molar-refractivity contribution < 1.29 is 14.3 Å². The zero-order chi connectivity index (χ0) is 11.1. The summed E-state index contributed by atoms with van der Waals surface area (Å²) < 4.78 is 10.7. The van der Waals surface area contributed by atoms with Gasteiger partial charge in [-0.1, -0.05) is 18.2 Å². The minimum atomic E-state index is -0.299. The summed E-state index contributed by atoms with van der Waals surface area (Å²) in [6.07, 6.45) is -0.126. The van der Waals surface area contributed by atoms with Crippen LogP contribution >= 0.6 is 11.6 Å². The van der Waals surface area contributed by atoms with Gasteiger partial charge in [0.1, 0.15) is 12.2 Å². The molecule has 0 N–H and O–H groups in total. The van der Waals surface area contributed by atoms with Gasteiger partial charge in [0, 0.05) is 5.92 Å². The van der Waals surface area contributed by atoms with Crippen molar-refractivity contribution in [2.24, 2.45) is 5.92 Å². The highest BCUT2D eigenvalue weighted by atomic mass is 35.5. The molecule has 16 heavy (non-hydrogen) atoms. The Bertz CT molecular complexity index is 406. The lowest BCUT2D eigenvalue weighted by Crippen LogP contribution is -2.17. The fourth-order valence-electron chi connectivity index (χ4n) is 2.12. The summed E-state index contributed by atoms with van der Waals surface area (Å²) >= 11 is 6.01. The van der Waals surface area contributed by atoms with Crippen LogP contribution in [0.2, 0.25) is 0 Å². The second kappa shape index (κ2) is 3.75. The van der Waals surface area contributed by atoms with Crippen molar-refractivity contribution in [2.75, 3.05) is 6.61 Å². The van der Waals surface area contributed by atoms with E-state index in [1.807, 2.05) is 18.2 Å². The summed E-state index contributed by atoms with van der Waals surface area (Å²) in [5.41, 5.74) is 0.568. The number of rotatable bonds is 2. The molecule has 1 aliphatic heterocycles. The van der Waals surface area contributed by atoms with Crippen LogP contribution < -0.4 is 0 Å². The maximum Gasteiger partial charge on any atom is 0.338 e. The molecular formula is C12H11ClO3. The van der Waals surface area contributed by atoms with Crippen LogP contribution in [0.4, 0.5) is 0 Å². The molecule has 3 rings (SSSR count). The first-order valence-electron chi connectivity index (χ1n) is 5.29. The van der Waals surface area contributed by atoms with Gasteiger partial charge >= 0.3 is 5.97 Å². The van der Waals surface area contributed by atoms with Crippen LogP contribution in [-0.2, 0) is 9.47 Å². The topological polar surface area (TPSA) is 35.5 Å². The SMILES string of the molecule is O=C(OC1C2[C@@H]1OC[C@H]2Cl)c1ccccc1. The summed E-state index contributed by atoms with van der Waals surface area (Å²) in [7, 11) is 0. The van der Waals surface area contributed by atoms with Gasteiger partial charge in [0.05, 0.1) is 17.5 Å². The Kier molecular flexibility index (Phi) is 2.37. The minimum absolute atomic E-state index is 0.0152. The molecule has 0 radical (unpaired) electrons. The quantitative estimate of drug-likeness (QED) is 0.583. The molecular weight excluding hydrogens is 228 g/mol. The molecule has 0 bridgehead atoms. The zero-order valence-corrected chi connectivity index (χ0v) is 9.26. The largest absolute Gasteiger partial charge is 0.456 e. The number of ether oxygens (including phenoxy) is 2. The van der Waals surface area contributed by atoms with Crippen LogP contribution in [0.25, 0.3) is 0 Å². The van der Waals surface area contributed by atoms with Gasteiger partial charge in [0.25, 0.3) is 0 Å². The number of halogens is 1. The number of fused-ring (bicyclic) bond motifs is 1. The lowest BCUT2D eigenvalue weighted by Gasteiger charge is -2.08. The third-order valence-corrected chi connectivity index (χ3v) is 3.48. The lowest BCUT2D eigenvalue weighted by molar-refractivity contribution is 0.0271. The maximum atomic E-state index is 11.7. The molecule has 2 fully saturated rings. The Labute approximate surface area is 98.3 Å². The van der Waals surface area contributed by atoms with E-state index in [9.17, 15) is 4.79 Å². The number of hydrogen-bond donors (Lipinski definition) is 0. The van der Waals surface area contributed by atoms with Crippen LogP contribution in [0.1, 0.15) is 10.4 Å². The third kappa shape index (κ3) is 1.60. The normalized spacial score (nSPS) is 35.6. The summed E-state index contributed by atoms with van der Waals surface area (Å²) in [6.45, 7) is 0.566. The second-order valence-electron chi connectivity index (χ2n) is 4.13. The Balaban J connectivity index is 1.63. The summed E-state index contributed by atoms with van der Waals surface area (Å²) in [6, 6.07) is 8.95. The molecule has 1 aliphatic carbocycles. The predicted molar refractivity (Wildman–Crippen MR) is 58.5 cm³/mol. The van der Waals surface area contributed by atoms with Crippen LogP contribution in [0, 0.1) is 5.92 Å². The van der Waals surface area contributed by atoms with Crippen molar-refractivity contribution >= 4 is 17.6 Å². The highest BCUT2D eigenvalue weighted by Gasteiger charge is 2.62. The van der Waals surface area contributed by atoms with E-state index in [4.69, 9.17) is 21.1 Å². The molecule has 84 valence electrons. The molecule has 1 saturated heterocycles. The first-order valence-corrected chi connectivity index (χ1v) is 5.73. The van der Waals surface area contributed by atoms with Gasteiger partial charge in [0.2, 0.25) is 0 Å². The number of carbonyl (C=O) groups is 1. The molecule has 1 aromatic rings. The average Bonchev–Trinajstić information content (AvgIpc) is 2.85. The van der Waals surface area contributed by atoms with E-state index >= 15 is 0 Å². The summed E-state index contributed by atoms with van der Waals surface area (Å²) in [5, 5.41) is -0.0152. The van der Waals surface area contributed by atoms with Gasteiger partial charge in [-0.05, 0) is 12.1 Å². The predicted octanol–water partition coefficient (Wildman–Crippen LogP) is 1.85. The van der Waals surface area contributed by atoms with Crippen LogP contribution in [0.5, 0.6) is 0 Å². The van der Waals surface area contributed by atoms with E-state index in [1.165, 1.54) is 0 Å². The number of carbonyl (C=O) groups excluding carboxylic acids is 1. The molecule has 2 unspecified atom stereocenters. The van der Waals surface area contributed by atoms with Crippen LogP contribution in [-0.4, -0.2) is 30.2 Å². The highest BCUT2D eigenvalue weighted by Crippen LogP contribution is 2.47. The minimum Gasteiger partial charge on any atom is -0.456 e. The summed E-state index contributed by atoms with van der Waals surface area (Å²) in [4.78, 5) is 11.7. The number of esters is 1. The van der Waals surface area contributed by atoms with E-state index in [0.29, 0.717) is 12.2 Å². The standard InChI is InChI=1S/C12H11ClO3/c13-8-6-15-10-9(8)11(10)16-12(14)7-4-2-1-3-5-7/h1-5,8-11H,6H2/t8-,9?,10+,11?/m1/s1. The van der Waals surface area contributed by atoms with Crippen molar-refractivity contribution in [3.63, 3.8) is 0 Å². The average molecular weight is 239 g/mol. The van der Waals surface area contributed by atoms with Gasteiger partial charge in [-0.25, -0.2) is 4.79 Å². The van der Waals surface area contributed by atoms with Gasteiger partial charge < -0.3 is 9.47 Å². The number of benzene rings is 1. The lowest BCUT2D eigenvalue weighted by atomic mass is 10.2. The fraction of sp³-hybridized carbons (Fsp3) is 0.417. The Morgan fingerprint density at radius 2 is 2.12 bits per heavy atom. The van der Waals surface area contributed by atoms with E-state index in [-0.39, 0.29) is 29.5 Å². The van der Waals surface area contributed by atoms with E-state index in [2.05, 4.69) is 0 Å². The molecule has 0 spiro atoms. The van der Waals surface area contributed by atoms with Crippen molar-refractivity contribution in [2.45, 2.75) is 17.6 Å². The van der Waals surface area contributed by atoms with Gasteiger partial charge in [-0.15, -0.1) is 11.6 Å². The molecule has 4 heteroatoms. The third-order valence-electron chi connectivity index (χ3n) is 3.06. The van der Waals surface area contributed by atoms with Crippen LogP contribution in [0.3, 0.4) is 0 Å². The van der Waals surface area contributed by atoms with Crippen molar-refractivity contribution in [1.82, 2.24) is 0 Å². The molecule has 0 amide bonds. The molecule has 1 aromatic carbocycles. The van der Waals surface area contributed by atoms with Gasteiger partial charge in [0.15, 0.2) is 0 Å². The zero-order valence-electron chi connectivity index (χ0n) is 8.51. The monoisotopic (exact) mass is 238 g/mol. The Morgan fingerprint density at radius 1 is 1.38 bits per heavy atom. The molecule has 1 heterocycles. The number of hydrogen-bond acceptors (Lipinski definition) is 3. The highest BCUT2D eigenvalue weighted by molar-refractivity contribution is 6.21. The first kappa shape index (κ1) is 10.1. The van der Waals surface area contributed by atoms with Crippen LogP contribution in [0.15, 0.2) is 30.3 Å².